The van der Waals surface area contributed by atoms with Gasteiger partial charge in [-0.3, -0.25) is 10.2 Å². The maximum absolute atomic E-state index is 13.4. The van der Waals surface area contributed by atoms with E-state index in [1.165, 1.54) is 12.8 Å². The molecule has 0 spiro atoms. The van der Waals surface area contributed by atoms with Crippen molar-refractivity contribution in [1.82, 2.24) is 10.2 Å². The Kier molecular flexibility index (Phi) is 9.87. The molecule has 1 aliphatic rings. The summed E-state index contributed by atoms with van der Waals surface area (Å²) in [7, 11) is 2.22. The first-order valence-corrected chi connectivity index (χ1v) is 14.9. The van der Waals surface area contributed by atoms with Gasteiger partial charge in [0.05, 0.1) is 11.8 Å². The monoisotopic (exact) mass is 554 g/mol. The van der Waals surface area contributed by atoms with Gasteiger partial charge < -0.3 is 20.7 Å². The number of ether oxygens (including phenoxy) is 1. The highest BCUT2D eigenvalue weighted by molar-refractivity contribution is 6.14. The molecule has 41 heavy (non-hydrogen) atoms. The first kappa shape index (κ1) is 30.3. The molecule has 4 atom stereocenters. The van der Waals surface area contributed by atoms with Gasteiger partial charge in [0.2, 0.25) is 0 Å². The molecule has 3 aromatic carbocycles. The van der Waals surface area contributed by atoms with Gasteiger partial charge in [-0.2, -0.15) is 0 Å². The van der Waals surface area contributed by atoms with Crippen LogP contribution in [0.1, 0.15) is 92.0 Å². The number of carbonyl (C=O) groups is 1. The minimum absolute atomic E-state index is 0.124. The minimum Gasteiger partial charge on any atom is -0.490 e. The van der Waals surface area contributed by atoms with Crippen molar-refractivity contribution in [2.45, 2.75) is 84.5 Å². The lowest BCUT2D eigenvalue weighted by Crippen LogP contribution is -2.48. The number of nitrogen functional groups attached to an aromatic ring is 1. The van der Waals surface area contributed by atoms with Crippen LogP contribution < -0.4 is 15.8 Å². The van der Waals surface area contributed by atoms with Gasteiger partial charge in [-0.05, 0) is 99.7 Å². The molecule has 218 valence electrons. The molecule has 1 amide bonds. The van der Waals surface area contributed by atoms with E-state index in [9.17, 15) is 4.79 Å². The molecule has 1 saturated heterocycles. The smallest absolute Gasteiger partial charge is 0.251 e. The van der Waals surface area contributed by atoms with E-state index in [-0.39, 0.29) is 29.7 Å². The Balaban J connectivity index is 1.47. The van der Waals surface area contributed by atoms with Crippen LogP contribution in [0.5, 0.6) is 5.75 Å². The van der Waals surface area contributed by atoms with Crippen molar-refractivity contribution in [3.63, 3.8) is 0 Å². The van der Waals surface area contributed by atoms with Gasteiger partial charge in [0.1, 0.15) is 11.9 Å². The summed E-state index contributed by atoms with van der Waals surface area (Å²) in [5, 5.41) is 12.1. The lowest BCUT2D eigenvalue weighted by molar-refractivity contribution is 0.0322. The van der Waals surface area contributed by atoms with Gasteiger partial charge in [-0.15, -0.1) is 0 Å². The molecule has 0 radical (unpaired) electrons. The van der Waals surface area contributed by atoms with Crippen molar-refractivity contribution >= 4 is 17.3 Å². The lowest BCUT2D eigenvalue weighted by atomic mass is 9.92. The molecular weight excluding hydrogens is 508 g/mol. The van der Waals surface area contributed by atoms with E-state index in [0.717, 1.165) is 35.3 Å². The SMILES string of the molecule is CCCC1CC(Oc2ccc(C(=N)c3cc(C(=O)NC(c4ccccc4C)C(C)C)ccc3N)cc2)CC(C)N1C. The first-order chi connectivity index (χ1) is 19.6. The number of hydrogen-bond donors (Lipinski definition) is 3. The zero-order chi connectivity index (χ0) is 29.7. The van der Waals surface area contributed by atoms with E-state index < -0.39 is 0 Å². The summed E-state index contributed by atoms with van der Waals surface area (Å²) in [6, 6.07) is 21.9. The minimum atomic E-state index is -0.182. The van der Waals surface area contributed by atoms with Crippen LogP contribution in [0.25, 0.3) is 0 Å². The van der Waals surface area contributed by atoms with Crippen LogP contribution in [-0.2, 0) is 0 Å². The molecule has 6 heteroatoms. The van der Waals surface area contributed by atoms with Gasteiger partial charge in [-0.25, -0.2) is 0 Å². The number of rotatable bonds is 10. The van der Waals surface area contributed by atoms with E-state index >= 15 is 0 Å². The summed E-state index contributed by atoms with van der Waals surface area (Å²) in [5.74, 6) is 0.844. The first-order valence-electron chi connectivity index (χ1n) is 14.9. The highest BCUT2D eigenvalue weighted by Crippen LogP contribution is 2.29. The average molecular weight is 555 g/mol. The van der Waals surface area contributed by atoms with Crippen molar-refractivity contribution in [2.75, 3.05) is 12.8 Å². The molecule has 3 aromatic rings. The number of anilines is 1. The Hall–Kier alpha value is -3.64. The maximum atomic E-state index is 13.4. The number of aryl methyl sites for hydroxylation is 1. The average Bonchev–Trinajstić information content (AvgIpc) is 2.95. The molecule has 1 fully saturated rings. The highest BCUT2D eigenvalue weighted by Gasteiger charge is 2.31. The number of likely N-dealkylation sites (tertiary alicyclic amines) is 1. The third-order valence-corrected chi connectivity index (χ3v) is 8.54. The Labute approximate surface area is 245 Å². The van der Waals surface area contributed by atoms with E-state index in [0.29, 0.717) is 28.9 Å². The number of benzene rings is 3. The molecule has 6 nitrogen and oxygen atoms in total. The fourth-order valence-corrected chi connectivity index (χ4v) is 5.95. The molecule has 0 aliphatic carbocycles. The summed E-state index contributed by atoms with van der Waals surface area (Å²) >= 11 is 0. The summed E-state index contributed by atoms with van der Waals surface area (Å²) in [6.45, 7) is 10.8. The van der Waals surface area contributed by atoms with Crippen molar-refractivity contribution in [3.05, 3.63) is 94.5 Å². The number of nitrogens with zero attached hydrogens (tertiary/aromatic N) is 1. The molecule has 0 bridgehead atoms. The Morgan fingerprint density at radius 2 is 1.76 bits per heavy atom. The Morgan fingerprint density at radius 3 is 2.41 bits per heavy atom. The third-order valence-electron chi connectivity index (χ3n) is 8.54. The van der Waals surface area contributed by atoms with Crippen LogP contribution in [0, 0.1) is 18.3 Å². The normalized spacial score (nSPS) is 20.0. The molecule has 1 heterocycles. The Bertz CT molecular complexity index is 1350. The summed E-state index contributed by atoms with van der Waals surface area (Å²) in [5.41, 5.74) is 11.0. The second-order valence-corrected chi connectivity index (χ2v) is 11.9. The van der Waals surface area contributed by atoms with E-state index in [1.807, 2.05) is 36.4 Å². The second-order valence-electron chi connectivity index (χ2n) is 11.9. The fraction of sp³-hybridized carbons (Fsp3) is 0.429. The zero-order valence-electron chi connectivity index (χ0n) is 25.4. The number of hydrogen-bond acceptors (Lipinski definition) is 5. The van der Waals surface area contributed by atoms with Crippen LogP contribution in [0.2, 0.25) is 0 Å². The Morgan fingerprint density at radius 1 is 1.07 bits per heavy atom. The van der Waals surface area contributed by atoms with E-state index in [4.69, 9.17) is 15.9 Å². The number of amides is 1. The quantitative estimate of drug-likeness (QED) is 0.183. The van der Waals surface area contributed by atoms with Crippen LogP contribution in [0.3, 0.4) is 0 Å². The van der Waals surface area contributed by atoms with Crippen molar-refractivity contribution in [1.29, 1.82) is 5.41 Å². The van der Waals surface area contributed by atoms with Crippen molar-refractivity contribution in [3.8, 4) is 5.75 Å². The van der Waals surface area contributed by atoms with Gasteiger partial charge in [0, 0.05) is 34.5 Å². The molecule has 0 aromatic heterocycles. The molecular formula is C35H46N4O2. The lowest BCUT2D eigenvalue weighted by Gasteiger charge is -2.41. The van der Waals surface area contributed by atoms with Crippen LogP contribution in [0.15, 0.2) is 66.7 Å². The molecule has 4 N–H and O–H groups in total. The zero-order valence-corrected chi connectivity index (χ0v) is 25.4. The maximum Gasteiger partial charge on any atom is 0.251 e. The number of nitrogens with two attached hydrogens (primary N) is 1. The second kappa shape index (κ2) is 13.3. The summed E-state index contributed by atoms with van der Waals surface area (Å²) < 4.78 is 6.39. The number of nitrogens with one attached hydrogen (secondary N) is 2. The number of piperidine rings is 1. The summed E-state index contributed by atoms with van der Waals surface area (Å²) in [4.78, 5) is 15.9. The molecule has 0 saturated carbocycles. The van der Waals surface area contributed by atoms with Crippen molar-refractivity contribution in [2.24, 2.45) is 5.92 Å². The van der Waals surface area contributed by atoms with Gasteiger partial charge in [0.15, 0.2) is 0 Å². The third kappa shape index (κ3) is 7.17. The predicted octanol–water partition coefficient (Wildman–Crippen LogP) is 7.15. The predicted molar refractivity (Wildman–Crippen MR) is 169 cm³/mol. The van der Waals surface area contributed by atoms with Crippen molar-refractivity contribution < 1.29 is 9.53 Å². The van der Waals surface area contributed by atoms with Crippen LogP contribution in [-0.4, -0.2) is 41.8 Å². The van der Waals surface area contributed by atoms with Crippen LogP contribution in [0.4, 0.5) is 5.69 Å². The largest absolute Gasteiger partial charge is 0.490 e. The topological polar surface area (TPSA) is 91.4 Å². The molecule has 1 aliphatic heterocycles. The van der Waals surface area contributed by atoms with Crippen LogP contribution >= 0.6 is 0 Å². The molecule has 4 unspecified atom stereocenters. The molecule has 4 rings (SSSR count). The standard InChI is InChI=1S/C35H46N4O2/c1-7-10-27-21-29(19-24(5)39(27)6)41-28-16-13-25(14-17-28)33(37)31-20-26(15-18-32(31)36)35(40)38-34(22(2)3)30-12-9-8-11-23(30)4/h8-9,11-18,20,22,24,27,29,34,37H,7,10,19,21,36H2,1-6H3,(H,38,40). The highest BCUT2D eigenvalue weighted by atomic mass is 16.5. The van der Waals surface area contributed by atoms with E-state index in [2.05, 4.69) is 64.0 Å². The van der Waals surface area contributed by atoms with Gasteiger partial charge in [-0.1, -0.05) is 51.5 Å². The number of carbonyl (C=O) groups excluding carboxylic acids is 1. The summed E-state index contributed by atoms with van der Waals surface area (Å²) in [6.07, 6.45) is 4.56. The fourth-order valence-electron chi connectivity index (χ4n) is 5.95. The van der Waals surface area contributed by atoms with Gasteiger partial charge in [0.25, 0.3) is 5.91 Å². The van der Waals surface area contributed by atoms with Gasteiger partial charge >= 0.3 is 0 Å². The van der Waals surface area contributed by atoms with E-state index in [1.54, 1.807) is 18.2 Å².